The molecule has 0 aliphatic carbocycles. The molecule has 1 nitrogen and oxygen atoms in total. The summed E-state index contributed by atoms with van der Waals surface area (Å²) in [7, 11) is 0. The van der Waals surface area contributed by atoms with Crippen molar-refractivity contribution in [2.24, 2.45) is 0 Å². The molecule has 1 atom stereocenters. The number of rotatable bonds is 5. The van der Waals surface area contributed by atoms with E-state index in [1.54, 1.807) is 12.1 Å². The van der Waals surface area contributed by atoms with Gasteiger partial charge in [-0.2, -0.15) is 0 Å². The van der Waals surface area contributed by atoms with Crippen LogP contribution in [0.1, 0.15) is 32.3 Å². The molecule has 0 fully saturated rings. The highest BCUT2D eigenvalue weighted by atomic mass is 32.2. The minimum absolute atomic E-state index is 0.0539. The largest absolute Gasteiger partial charge is 0.293 e. The Bertz CT molecular complexity index is 852. The third-order valence-electron chi connectivity index (χ3n) is 4.02. The number of halogens is 1. The van der Waals surface area contributed by atoms with Crippen LogP contribution in [-0.2, 0) is 0 Å². The van der Waals surface area contributed by atoms with E-state index < -0.39 is 0 Å². The number of carbonyl (C=O) groups is 1. The summed E-state index contributed by atoms with van der Waals surface area (Å²) in [5.41, 5.74) is 3.91. The van der Waals surface area contributed by atoms with Crippen LogP contribution < -0.4 is 0 Å². The second-order valence-corrected chi connectivity index (χ2v) is 7.27. The third-order valence-corrected chi connectivity index (χ3v) is 5.29. The van der Waals surface area contributed by atoms with Gasteiger partial charge in [-0.25, -0.2) is 4.39 Å². The molecule has 0 N–H and O–H groups in total. The molecule has 3 heteroatoms. The number of ketones is 1. The molecule has 3 aromatic carbocycles. The fourth-order valence-electron chi connectivity index (χ4n) is 2.53. The summed E-state index contributed by atoms with van der Waals surface area (Å²) in [4.78, 5) is 14.0. The smallest absolute Gasteiger partial charge is 0.180 e. The number of Topliss-reactive ketones (excluding diaryl/α,β-unsaturated/α-hetero) is 1. The van der Waals surface area contributed by atoms with Gasteiger partial charge in [-0.3, -0.25) is 4.79 Å². The van der Waals surface area contributed by atoms with Crippen molar-refractivity contribution in [3.63, 3.8) is 0 Å². The van der Waals surface area contributed by atoms with Crippen LogP contribution in [0.4, 0.5) is 4.39 Å². The van der Waals surface area contributed by atoms with Crippen LogP contribution >= 0.6 is 11.8 Å². The van der Waals surface area contributed by atoms with Crippen LogP contribution in [0.5, 0.6) is 0 Å². The fraction of sp³-hybridized carbons (Fsp3) is 0.136. The Morgan fingerprint density at radius 3 is 1.88 bits per heavy atom. The van der Waals surface area contributed by atoms with E-state index in [0.29, 0.717) is 5.56 Å². The van der Waals surface area contributed by atoms with Gasteiger partial charge in [0.05, 0.1) is 5.25 Å². The number of hydrogen-bond donors (Lipinski definition) is 0. The van der Waals surface area contributed by atoms with Gasteiger partial charge in [0.2, 0.25) is 0 Å². The molecule has 0 amide bonds. The van der Waals surface area contributed by atoms with Crippen LogP contribution in [-0.4, -0.2) is 5.78 Å². The molecule has 0 heterocycles. The highest BCUT2D eigenvalue weighted by Crippen LogP contribution is 2.38. The first kappa shape index (κ1) is 17.4. The first-order valence-electron chi connectivity index (χ1n) is 8.12. The fourth-order valence-corrected chi connectivity index (χ4v) is 3.63. The molecule has 3 aromatic rings. The molecular formula is C22H19FOS. The zero-order valence-electron chi connectivity index (χ0n) is 14.2. The summed E-state index contributed by atoms with van der Waals surface area (Å²) in [5, 5.41) is -0.367. The highest BCUT2D eigenvalue weighted by molar-refractivity contribution is 8.00. The molecule has 0 bridgehead atoms. The van der Waals surface area contributed by atoms with E-state index >= 15 is 0 Å². The quantitative estimate of drug-likeness (QED) is 0.405. The van der Waals surface area contributed by atoms with E-state index in [2.05, 4.69) is 0 Å². The summed E-state index contributed by atoms with van der Waals surface area (Å²) < 4.78 is 13.2. The first-order valence-corrected chi connectivity index (χ1v) is 9.00. The molecule has 25 heavy (non-hydrogen) atoms. The van der Waals surface area contributed by atoms with Gasteiger partial charge in [0.15, 0.2) is 5.78 Å². The molecule has 0 saturated heterocycles. The summed E-state index contributed by atoms with van der Waals surface area (Å²) in [6, 6.07) is 21.9. The minimum Gasteiger partial charge on any atom is -0.293 e. The number of benzene rings is 3. The molecule has 0 aliphatic rings. The Labute approximate surface area is 151 Å². The van der Waals surface area contributed by atoms with E-state index in [-0.39, 0.29) is 16.9 Å². The molecule has 0 aromatic heterocycles. The van der Waals surface area contributed by atoms with Crippen molar-refractivity contribution in [2.45, 2.75) is 24.0 Å². The Balaban J connectivity index is 1.95. The van der Waals surface area contributed by atoms with Crippen LogP contribution in [0.15, 0.2) is 77.7 Å². The van der Waals surface area contributed by atoms with Crippen molar-refractivity contribution < 1.29 is 9.18 Å². The predicted octanol–water partition coefficient (Wildman–Crippen LogP) is 6.16. The van der Waals surface area contributed by atoms with Gasteiger partial charge in [-0.1, -0.05) is 59.7 Å². The number of carbonyl (C=O) groups excluding carboxylic acids is 1. The first-order chi connectivity index (χ1) is 12.0. The summed E-state index contributed by atoms with van der Waals surface area (Å²) in [6.45, 7) is 4.02. The summed E-state index contributed by atoms with van der Waals surface area (Å²) >= 11 is 1.45. The third kappa shape index (κ3) is 4.37. The predicted molar refractivity (Wildman–Crippen MR) is 102 cm³/mol. The molecule has 0 spiro atoms. The molecule has 0 aliphatic heterocycles. The van der Waals surface area contributed by atoms with Crippen molar-refractivity contribution in [2.75, 3.05) is 0 Å². The van der Waals surface area contributed by atoms with E-state index in [0.717, 1.165) is 21.6 Å². The van der Waals surface area contributed by atoms with Crippen LogP contribution in [0, 0.1) is 19.7 Å². The molecule has 3 rings (SSSR count). The van der Waals surface area contributed by atoms with Gasteiger partial charge in [-0.05, 0) is 43.7 Å². The van der Waals surface area contributed by atoms with E-state index in [4.69, 9.17) is 0 Å². The second kappa shape index (κ2) is 7.66. The van der Waals surface area contributed by atoms with Crippen molar-refractivity contribution in [1.82, 2.24) is 0 Å². The van der Waals surface area contributed by atoms with E-state index in [9.17, 15) is 9.18 Å². The highest BCUT2D eigenvalue weighted by Gasteiger charge is 2.23. The lowest BCUT2D eigenvalue weighted by atomic mass is 10.0. The van der Waals surface area contributed by atoms with E-state index in [1.165, 1.54) is 23.9 Å². The zero-order chi connectivity index (χ0) is 17.8. The average Bonchev–Trinajstić information content (AvgIpc) is 2.62. The lowest BCUT2D eigenvalue weighted by Crippen LogP contribution is -2.10. The Morgan fingerprint density at radius 1 is 0.800 bits per heavy atom. The average molecular weight is 350 g/mol. The summed E-state index contributed by atoms with van der Waals surface area (Å²) in [6.07, 6.45) is 0. The van der Waals surface area contributed by atoms with Gasteiger partial charge in [-0.15, -0.1) is 11.8 Å². The van der Waals surface area contributed by atoms with Gasteiger partial charge in [0.25, 0.3) is 0 Å². The van der Waals surface area contributed by atoms with Crippen LogP contribution in [0.3, 0.4) is 0 Å². The van der Waals surface area contributed by atoms with Crippen molar-refractivity contribution in [3.05, 3.63) is 101 Å². The van der Waals surface area contributed by atoms with Crippen LogP contribution in [0.25, 0.3) is 0 Å². The maximum Gasteiger partial charge on any atom is 0.180 e. The van der Waals surface area contributed by atoms with Crippen LogP contribution in [0.2, 0.25) is 0 Å². The molecule has 0 radical (unpaired) electrons. The number of hydrogen-bond acceptors (Lipinski definition) is 2. The van der Waals surface area contributed by atoms with Gasteiger partial charge in [0, 0.05) is 10.5 Å². The lowest BCUT2D eigenvalue weighted by molar-refractivity contribution is 0.0989. The number of aryl methyl sites for hydroxylation is 2. The second-order valence-electron chi connectivity index (χ2n) is 6.09. The van der Waals surface area contributed by atoms with Gasteiger partial charge < -0.3 is 0 Å². The Kier molecular flexibility index (Phi) is 5.34. The number of thioether (sulfide) groups is 1. The monoisotopic (exact) mass is 350 g/mol. The molecule has 126 valence electrons. The topological polar surface area (TPSA) is 17.1 Å². The standard InChI is InChI=1S/C22H19FOS/c1-15-3-7-17(8-4-15)21(24)22(18-9-5-16(2)6-10-18)25-20-13-11-19(23)12-14-20/h3-14,22H,1-2H3/t22-/m1/s1. The maximum absolute atomic E-state index is 13.2. The Hall–Kier alpha value is -2.39. The van der Waals surface area contributed by atoms with Crippen molar-refractivity contribution >= 4 is 17.5 Å². The normalized spacial score (nSPS) is 12.0. The van der Waals surface area contributed by atoms with Crippen molar-refractivity contribution in [3.8, 4) is 0 Å². The summed E-state index contributed by atoms with van der Waals surface area (Å²) in [5.74, 6) is -0.223. The molecular weight excluding hydrogens is 331 g/mol. The lowest BCUT2D eigenvalue weighted by Gasteiger charge is -2.17. The van der Waals surface area contributed by atoms with E-state index in [1.807, 2.05) is 62.4 Å². The SMILES string of the molecule is Cc1ccc(C(=O)[C@H](Sc2ccc(F)cc2)c2ccc(C)cc2)cc1. The minimum atomic E-state index is -0.367. The molecule has 0 unspecified atom stereocenters. The zero-order valence-corrected chi connectivity index (χ0v) is 15.0. The van der Waals surface area contributed by atoms with Crippen molar-refractivity contribution in [1.29, 1.82) is 0 Å². The maximum atomic E-state index is 13.2. The van der Waals surface area contributed by atoms with Gasteiger partial charge in [0.1, 0.15) is 5.82 Å². The molecule has 0 saturated carbocycles. The van der Waals surface area contributed by atoms with Gasteiger partial charge >= 0.3 is 0 Å². The Morgan fingerprint density at radius 2 is 1.32 bits per heavy atom.